The lowest BCUT2D eigenvalue weighted by Gasteiger charge is -2.19. The van der Waals surface area contributed by atoms with Crippen LogP contribution in [0.1, 0.15) is 52.9 Å². The second-order valence-corrected chi connectivity index (χ2v) is 11.6. The fourth-order valence-corrected chi connectivity index (χ4v) is 3.69. The molecule has 0 bridgehead atoms. The maximum Gasteiger partial charge on any atom is 0.308 e. The van der Waals surface area contributed by atoms with Gasteiger partial charge in [-0.3, -0.25) is 4.79 Å². The third-order valence-corrected chi connectivity index (χ3v) is 6.03. The summed E-state index contributed by atoms with van der Waals surface area (Å²) < 4.78 is 65.3. The molecule has 0 spiro atoms. The number of halogens is 1. The molecule has 0 aromatic rings. The van der Waals surface area contributed by atoms with Crippen LogP contribution >= 0.6 is 11.6 Å². The molecular formula is C33H65ClO13. The molecule has 0 saturated heterocycles. The van der Waals surface area contributed by atoms with Gasteiger partial charge in [-0.05, 0) is 33.6 Å². The number of carbonyl (C=O) groups is 1. The highest BCUT2D eigenvalue weighted by molar-refractivity contribution is 6.17. The molecule has 14 heteroatoms. The van der Waals surface area contributed by atoms with Crippen LogP contribution in [0.15, 0.2) is 0 Å². The maximum atomic E-state index is 11.6. The molecule has 0 amide bonds. The summed E-state index contributed by atoms with van der Waals surface area (Å²) in [6.45, 7) is 16.8. The topological polar surface area (TPSA) is 128 Å². The summed E-state index contributed by atoms with van der Waals surface area (Å²) in [4.78, 5) is 11.6. The lowest BCUT2D eigenvalue weighted by molar-refractivity contribution is -0.156. The summed E-state index contributed by atoms with van der Waals surface area (Å²) in [6, 6.07) is 0. The standard InChI is InChI=1S/C33H65ClO13/c1-33(2,3)47-32(35)8-11-37-13-15-39-17-19-41-21-23-43-25-27-45-29-31-46-30-28-44-26-24-42-22-20-40-18-16-38-14-12-36-10-7-5-4-6-9-34/h4-31H2,1-3H3. The highest BCUT2D eigenvalue weighted by Crippen LogP contribution is 2.08. The molecule has 0 radical (unpaired) electrons. The zero-order valence-electron chi connectivity index (χ0n) is 29.5. The molecule has 0 aromatic carbocycles. The van der Waals surface area contributed by atoms with Crippen LogP contribution in [-0.2, 0) is 61.6 Å². The summed E-state index contributed by atoms with van der Waals surface area (Å²) in [7, 11) is 0. The van der Waals surface area contributed by atoms with Gasteiger partial charge < -0.3 is 56.8 Å². The van der Waals surface area contributed by atoms with Crippen molar-refractivity contribution in [2.24, 2.45) is 0 Å². The van der Waals surface area contributed by atoms with E-state index in [9.17, 15) is 4.79 Å². The van der Waals surface area contributed by atoms with Crippen molar-refractivity contribution in [3.05, 3.63) is 0 Å². The maximum absolute atomic E-state index is 11.6. The van der Waals surface area contributed by atoms with Crippen molar-refractivity contribution >= 4 is 17.6 Å². The van der Waals surface area contributed by atoms with Crippen molar-refractivity contribution in [1.82, 2.24) is 0 Å². The fraction of sp³-hybridized carbons (Fsp3) is 0.970. The van der Waals surface area contributed by atoms with E-state index in [4.69, 9.17) is 68.4 Å². The first kappa shape index (κ1) is 46.3. The summed E-state index contributed by atoms with van der Waals surface area (Å²) >= 11 is 5.65. The predicted octanol–water partition coefficient (Wildman–Crippen LogP) is 3.70. The van der Waals surface area contributed by atoms with Crippen LogP contribution in [0.2, 0.25) is 0 Å². The molecule has 282 valence electrons. The predicted molar refractivity (Wildman–Crippen MR) is 179 cm³/mol. The average molecular weight is 705 g/mol. The largest absolute Gasteiger partial charge is 0.460 e. The molecule has 13 nitrogen and oxygen atoms in total. The molecule has 0 heterocycles. The smallest absolute Gasteiger partial charge is 0.308 e. The van der Waals surface area contributed by atoms with Gasteiger partial charge in [-0.2, -0.15) is 0 Å². The van der Waals surface area contributed by atoms with Gasteiger partial charge in [0.1, 0.15) is 5.60 Å². The number of alkyl halides is 1. The van der Waals surface area contributed by atoms with Crippen LogP contribution in [0.25, 0.3) is 0 Å². The highest BCUT2D eigenvalue weighted by Gasteiger charge is 2.15. The third-order valence-electron chi connectivity index (χ3n) is 5.76. The van der Waals surface area contributed by atoms with E-state index in [0.717, 1.165) is 31.7 Å². The van der Waals surface area contributed by atoms with E-state index >= 15 is 0 Å². The van der Waals surface area contributed by atoms with Gasteiger partial charge in [0.15, 0.2) is 0 Å². The minimum absolute atomic E-state index is 0.233. The zero-order chi connectivity index (χ0) is 34.4. The summed E-state index contributed by atoms with van der Waals surface area (Å²) in [5, 5.41) is 0. The molecule has 0 aliphatic rings. The number of ether oxygens (including phenoxy) is 12. The van der Waals surface area contributed by atoms with Crippen LogP contribution in [0.3, 0.4) is 0 Å². The third kappa shape index (κ3) is 43.3. The number of hydrogen-bond acceptors (Lipinski definition) is 13. The molecule has 0 aliphatic heterocycles. The number of hydrogen-bond donors (Lipinski definition) is 0. The molecule has 47 heavy (non-hydrogen) atoms. The van der Waals surface area contributed by atoms with E-state index in [2.05, 4.69) is 0 Å². The second-order valence-electron chi connectivity index (χ2n) is 11.2. The molecule has 0 aliphatic carbocycles. The van der Waals surface area contributed by atoms with E-state index in [1.807, 2.05) is 20.8 Å². The minimum Gasteiger partial charge on any atom is -0.460 e. The van der Waals surface area contributed by atoms with Gasteiger partial charge in [-0.15, -0.1) is 11.6 Å². The van der Waals surface area contributed by atoms with Crippen molar-refractivity contribution < 1.29 is 61.6 Å². The Hall–Kier alpha value is -0.680. The van der Waals surface area contributed by atoms with Gasteiger partial charge in [-0.25, -0.2) is 0 Å². The van der Waals surface area contributed by atoms with Gasteiger partial charge in [0.05, 0.1) is 145 Å². The van der Waals surface area contributed by atoms with Gasteiger partial charge in [0, 0.05) is 12.5 Å². The van der Waals surface area contributed by atoms with Crippen LogP contribution in [0.4, 0.5) is 0 Å². The van der Waals surface area contributed by atoms with Crippen molar-refractivity contribution in [1.29, 1.82) is 0 Å². The Morgan fingerprint density at radius 2 is 0.638 bits per heavy atom. The summed E-state index contributed by atoms with van der Waals surface area (Å²) in [6.07, 6.45) is 4.72. The molecule has 0 atom stereocenters. The number of rotatable bonds is 39. The molecular weight excluding hydrogens is 640 g/mol. The molecule has 0 saturated carbocycles. The van der Waals surface area contributed by atoms with Crippen LogP contribution in [0.5, 0.6) is 0 Å². The van der Waals surface area contributed by atoms with Crippen molar-refractivity contribution in [3.8, 4) is 0 Å². The Morgan fingerprint density at radius 1 is 0.383 bits per heavy atom. The summed E-state index contributed by atoms with van der Waals surface area (Å²) in [5.74, 6) is 0.477. The van der Waals surface area contributed by atoms with Gasteiger partial charge in [-0.1, -0.05) is 12.8 Å². The Kier molecular flexibility index (Phi) is 37.6. The van der Waals surface area contributed by atoms with Gasteiger partial charge in [0.25, 0.3) is 0 Å². The van der Waals surface area contributed by atoms with Crippen molar-refractivity contribution in [3.63, 3.8) is 0 Å². The Labute approximate surface area is 288 Å². The Morgan fingerprint density at radius 3 is 0.915 bits per heavy atom. The Bertz CT molecular complexity index is 626. The fourth-order valence-electron chi connectivity index (χ4n) is 3.50. The van der Waals surface area contributed by atoms with Gasteiger partial charge >= 0.3 is 5.97 Å². The van der Waals surface area contributed by atoms with E-state index < -0.39 is 5.60 Å². The van der Waals surface area contributed by atoms with Crippen LogP contribution < -0.4 is 0 Å². The van der Waals surface area contributed by atoms with E-state index in [1.165, 1.54) is 6.42 Å². The second kappa shape index (κ2) is 38.1. The molecule has 0 aromatic heterocycles. The minimum atomic E-state index is -0.473. The van der Waals surface area contributed by atoms with Crippen LogP contribution in [-0.4, -0.2) is 163 Å². The first-order valence-electron chi connectivity index (χ1n) is 17.1. The average Bonchev–Trinajstić information content (AvgIpc) is 3.03. The lowest BCUT2D eigenvalue weighted by atomic mass is 10.2. The van der Waals surface area contributed by atoms with Crippen LogP contribution in [0, 0.1) is 0 Å². The monoisotopic (exact) mass is 704 g/mol. The Balaban J connectivity index is 3.09. The molecule has 0 N–H and O–H groups in total. The summed E-state index contributed by atoms with van der Waals surface area (Å²) in [5.41, 5.74) is -0.473. The number of carbonyl (C=O) groups excluding carboxylic acids is 1. The molecule has 0 unspecified atom stereocenters. The lowest BCUT2D eigenvalue weighted by Crippen LogP contribution is -2.24. The molecule has 0 fully saturated rings. The van der Waals surface area contributed by atoms with E-state index in [1.54, 1.807) is 0 Å². The van der Waals surface area contributed by atoms with E-state index in [-0.39, 0.29) is 12.4 Å². The quantitative estimate of drug-likeness (QED) is 0.0525. The van der Waals surface area contributed by atoms with Gasteiger partial charge in [0.2, 0.25) is 0 Å². The van der Waals surface area contributed by atoms with Crippen molar-refractivity contribution in [2.75, 3.05) is 151 Å². The first-order chi connectivity index (χ1) is 23.0. The number of esters is 1. The normalized spacial score (nSPS) is 11.8. The van der Waals surface area contributed by atoms with Crippen molar-refractivity contribution in [2.45, 2.75) is 58.5 Å². The highest BCUT2D eigenvalue weighted by atomic mass is 35.5. The SMILES string of the molecule is CC(C)(C)OC(=O)CCOCCOCCOCCOCCOCCOCCOCCOCCOCCOCCOCCCCCCCl. The number of unbranched alkanes of at least 4 members (excludes halogenated alkanes) is 3. The molecule has 0 rings (SSSR count). The first-order valence-corrected chi connectivity index (χ1v) is 17.6. The van der Waals surface area contributed by atoms with E-state index in [0.29, 0.717) is 139 Å². The zero-order valence-corrected chi connectivity index (χ0v) is 30.2.